The number of hydrogen-bond acceptors (Lipinski definition) is 2. The number of anilines is 1. The van der Waals surface area contributed by atoms with E-state index in [2.05, 4.69) is 50.4 Å². The van der Waals surface area contributed by atoms with E-state index in [1.54, 1.807) is 0 Å². The normalized spacial score (nSPS) is 14.0. The summed E-state index contributed by atoms with van der Waals surface area (Å²) in [5.41, 5.74) is 3.35. The van der Waals surface area contributed by atoms with Gasteiger partial charge in [0.25, 0.3) is 5.91 Å². The van der Waals surface area contributed by atoms with Gasteiger partial charge in [-0.1, -0.05) is 24.3 Å². The molecule has 1 heterocycles. The van der Waals surface area contributed by atoms with Crippen molar-refractivity contribution in [1.82, 2.24) is 5.32 Å². The maximum atomic E-state index is 12.1. The molecule has 0 atom stereocenters. The van der Waals surface area contributed by atoms with Gasteiger partial charge in [-0.15, -0.1) is 0 Å². The molecule has 0 spiro atoms. The number of halogens is 1. The van der Waals surface area contributed by atoms with Crippen molar-refractivity contribution >= 4 is 27.5 Å². The van der Waals surface area contributed by atoms with E-state index in [1.165, 1.54) is 37.2 Å². The number of amides is 1. The summed E-state index contributed by atoms with van der Waals surface area (Å²) in [5, 5.41) is 2.99. The molecule has 0 saturated carbocycles. The van der Waals surface area contributed by atoms with Crippen molar-refractivity contribution in [3.05, 3.63) is 64.1 Å². The summed E-state index contributed by atoms with van der Waals surface area (Å²) >= 11 is 3.41. The molecular formula is C20H23BrN2O. The van der Waals surface area contributed by atoms with Crippen molar-refractivity contribution in [2.45, 2.75) is 25.7 Å². The number of carbonyl (C=O) groups is 1. The third-order valence-electron chi connectivity index (χ3n) is 4.45. The number of rotatable bonds is 6. The first-order valence-electron chi connectivity index (χ1n) is 8.60. The number of hydrogen-bond donors (Lipinski definition) is 1. The molecule has 3 nitrogen and oxygen atoms in total. The summed E-state index contributed by atoms with van der Waals surface area (Å²) in [6.07, 6.45) is 4.54. The molecule has 1 aliphatic rings. The number of carbonyl (C=O) groups excluding carboxylic acids is 1. The zero-order valence-corrected chi connectivity index (χ0v) is 15.4. The molecule has 2 aromatic rings. The van der Waals surface area contributed by atoms with Crippen LogP contribution in [-0.4, -0.2) is 25.5 Å². The van der Waals surface area contributed by atoms with Gasteiger partial charge in [-0.2, -0.15) is 0 Å². The van der Waals surface area contributed by atoms with E-state index >= 15 is 0 Å². The third-order valence-corrected chi connectivity index (χ3v) is 5.15. The Hall–Kier alpha value is -1.81. The van der Waals surface area contributed by atoms with Crippen LogP contribution in [0.2, 0.25) is 0 Å². The lowest BCUT2D eigenvalue weighted by atomic mass is 10.1. The molecular weight excluding hydrogens is 364 g/mol. The second-order valence-electron chi connectivity index (χ2n) is 6.20. The Balaban J connectivity index is 1.43. The van der Waals surface area contributed by atoms with Crippen molar-refractivity contribution in [3.63, 3.8) is 0 Å². The topological polar surface area (TPSA) is 32.3 Å². The van der Waals surface area contributed by atoms with Gasteiger partial charge in [0, 0.05) is 29.8 Å². The predicted octanol–water partition coefficient (Wildman–Crippen LogP) is 4.41. The number of nitrogens with zero attached hydrogens (tertiary/aromatic N) is 1. The highest BCUT2D eigenvalue weighted by molar-refractivity contribution is 9.10. The van der Waals surface area contributed by atoms with E-state index in [0.29, 0.717) is 12.1 Å². The average Bonchev–Trinajstić information content (AvgIpc) is 3.14. The van der Waals surface area contributed by atoms with Crippen LogP contribution in [-0.2, 0) is 6.42 Å². The Kier molecular flexibility index (Phi) is 5.91. The van der Waals surface area contributed by atoms with Crippen LogP contribution >= 0.6 is 15.9 Å². The van der Waals surface area contributed by atoms with Gasteiger partial charge in [0.2, 0.25) is 0 Å². The fourth-order valence-corrected chi connectivity index (χ4v) is 3.55. The van der Waals surface area contributed by atoms with Crippen LogP contribution in [0.5, 0.6) is 0 Å². The highest BCUT2D eigenvalue weighted by Gasteiger charge is 2.12. The largest absolute Gasteiger partial charge is 0.372 e. The molecule has 1 saturated heterocycles. The fraction of sp³-hybridized carbons (Fsp3) is 0.350. The van der Waals surface area contributed by atoms with E-state index in [1.807, 2.05) is 24.3 Å². The third kappa shape index (κ3) is 4.38. The molecule has 0 unspecified atom stereocenters. The monoisotopic (exact) mass is 386 g/mol. The lowest BCUT2D eigenvalue weighted by molar-refractivity contribution is 0.0952. The van der Waals surface area contributed by atoms with Crippen molar-refractivity contribution in [2.75, 3.05) is 24.5 Å². The molecule has 1 fully saturated rings. The molecule has 0 aromatic heterocycles. The van der Waals surface area contributed by atoms with E-state index in [-0.39, 0.29) is 5.91 Å². The van der Waals surface area contributed by atoms with Crippen molar-refractivity contribution in [2.24, 2.45) is 0 Å². The van der Waals surface area contributed by atoms with Gasteiger partial charge >= 0.3 is 0 Å². The highest BCUT2D eigenvalue weighted by Crippen LogP contribution is 2.21. The molecule has 1 N–H and O–H groups in total. The Morgan fingerprint density at radius 3 is 2.46 bits per heavy atom. The van der Waals surface area contributed by atoms with E-state index in [4.69, 9.17) is 0 Å². The zero-order valence-electron chi connectivity index (χ0n) is 13.8. The van der Waals surface area contributed by atoms with Crippen LogP contribution in [0, 0.1) is 0 Å². The average molecular weight is 387 g/mol. The van der Waals surface area contributed by atoms with Gasteiger partial charge in [-0.3, -0.25) is 4.79 Å². The maximum Gasteiger partial charge on any atom is 0.252 e. The molecule has 126 valence electrons. The summed E-state index contributed by atoms with van der Waals surface area (Å²) in [7, 11) is 0. The van der Waals surface area contributed by atoms with Crippen molar-refractivity contribution in [1.29, 1.82) is 0 Å². The number of aryl methyl sites for hydroxylation is 1. The van der Waals surface area contributed by atoms with Gasteiger partial charge in [0.05, 0.1) is 5.56 Å². The number of benzene rings is 2. The molecule has 1 amide bonds. The standard InChI is InChI=1S/C20H23BrN2O/c21-19-8-2-1-7-18(19)20(24)22-13-5-6-16-9-11-17(12-10-16)23-14-3-4-15-23/h1-2,7-12H,3-6,13-15H2,(H,22,24). The van der Waals surface area contributed by atoms with Crippen LogP contribution in [0.1, 0.15) is 35.2 Å². The van der Waals surface area contributed by atoms with Gasteiger partial charge in [0.15, 0.2) is 0 Å². The quantitative estimate of drug-likeness (QED) is 0.745. The van der Waals surface area contributed by atoms with Crippen LogP contribution in [0.15, 0.2) is 53.0 Å². The molecule has 0 bridgehead atoms. The van der Waals surface area contributed by atoms with Crippen LogP contribution in [0.4, 0.5) is 5.69 Å². The Morgan fingerprint density at radius 1 is 1.04 bits per heavy atom. The second kappa shape index (κ2) is 8.34. The Morgan fingerprint density at radius 2 is 1.75 bits per heavy atom. The number of nitrogens with one attached hydrogen (secondary N) is 1. The molecule has 0 radical (unpaired) electrons. The lowest BCUT2D eigenvalue weighted by Gasteiger charge is -2.17. The van der Waals surface area contributed by atoms with Gasteiger partial charge in [-0.05, 0) is 71.4 Å². The van der Waals surface area contributed by atoms with Crippen LogP contribution in [0.3, 0.4) is 0 Å². The summed E-state index contributed by atoms with van der Waals surface area (Å²) in [5.74, 6) is -0.0214. The molecule has 4 heteroatoms. The van der Waals surface area contributed by atoms with Crippen LogP contribution < -0.4 is 10.2 Å². The molecule has 0 aliphatic carbocycles. The Labute approximate surface area is 152 Å². The predicted molar refractivity (Wildman–Crippen MR) is 103 cm³/mol. The van der Waals surface area contributed by atoms with Gasteiger partial charge in [-0.25, -0.2) is 0 Å². The maximum absolute atomic E-state index is 12.1. The van der Waals surface area contributed by atoms with Crippen molar-refractivity contribution in [3.8, 4) is 0 Å². The Bertz CT molecular complexity index is 678. The minimum Gasteiger partial charge on any atom is -0.372 e. The van der Waals surface area contributed by atoms with E-state index < -0.39 is 0 Å². The highest BCUT2D eigenvalue weighted by atomic mass is 79.9. The lowest BCUT2D eigenvalue weighted by Crippen LogP contribution is -2.25. The summed E-state index contributed by atoms with van der Waals surface area (Å²) < 4.78 is 0.833. The minimum atomic E-state index is -0.0214. The SMILES string of the molecule is O=C(NCCCc1ccc(N2CCCC2)cc1)c1ccccc1Br. The van der Waals surface area contributed by atoms with E-state index in [0.717, 1.165) is 17.3 Å². The van der Waals surface area contributed by atoms with Crippen molar-refractivity contribution < 1.29 is 4.79 Å². The smallest absolute Gasteiger partial charge is 0.252 e. The summed E-state index contributed by atoms with van der Waals surface area (Å²) in [6, 6.07) is 16.4. The minimum absolute atomic E-state index is 0.0214. The molecule has 3 rings (SSSR count). The van der Waals surface area contributed by atoms with Crippen LogP contribution in [0.25, 0.3) is 0 Å². The summed E-state index contributed by atoms with van der Waals surface area (Å²) in [6.45, 7) is 3.05. The molecule has 1 aliphatic heterocycles. The molecule has 24 heavy (non-hydrogen) atoms. The van der Waals surface area contributed by atoms with E-state index in [9.17, 15) is 4.79 Å². The fourth-order valence-electron chi connectivity index (χ4n) is 3.08. The van der Waals surface area contributed by atoms with Gasteiger partial charge < -0.3 is 10.2 Å². The first-order chi connectivity index (χ1) is 11.7. The molecule has 2 aromatic carbocycles. The summed E-state index contributed by atoms with van der Waals surface area (Å²) in [4.78, 5) is 14.6. The van der Waals surface area contributed by atoms with Gasteiger partial charge in [0.1, 0.15) is 0 Å². The first kappa shape index (κ1) is 17.0. The zero-order chi connectivity index (χ0) is 16.8. The first-order valence-corrected chi connectivity index (χ1v) is 9.40. The second-order valence-corrected chi connectivity index (χ2v) is 7.05.